The number of pyridine rings is 1. The zero-order valence-electron chi connectivity index (χ0n) is 22.9. The molecule has 4 aromatic rings. The summed E-state index contributed by atoms with van der Waals surface area (Å²) in [6, 6.07) is 19.3. The summed E-state index contributed by atoms with van der Waals surface area (Å²) in [6.07, 6.45) is 3.91. The highest BCUT2D eigenvalue weighted by molar-refractivity contribution is 5.94. The minimum absolute atomic E-state index is 0.0817. The first-order chi connectivity index (χ1) is 20.1. The van der Waals surface area contributed by atoms with Crippen LogP contribution >= 0.6 is 0 Å². The van der Waals surface area contributed by atoms with E-state index in [4.69, 9.17) is 14.9 Å². The molecule has 2 amide bonds. The lowest BCUT2D eigenvalue weighted by atomic mass is 10.1. The van der Waals surface area contributed by atoms with Gasteiger partial charge >= 0.3 is 0 Å². The molecule has 0 atom stereocenters. The van der Waals surface area contributed by atoms with Gasteiger partial charge in [-0.25, -0.2) is 10.5 Å². The van der Waals surface area contributed by atoms with Crippen LogP contribution in [0.25, 0.3) is 11.0 Å². The number of carbonyl (C=O) groups is 2. The Labute approximate surface area is 238 Å². The molecule has 4 heterocycles. The minimum atomic E-state index is -0.531. The van der Waals surface area contributed by atoms with Crippen LogP contribution in [0.3, 0.4) is 0 Å². The second-order valence-electron chi connectivity index (χ2n) is 10.6. The molecule has 6 rings (SSSR count). The highest BCUT2D eigenvalue weighted by Crippen LogP contribution is 2.23. The molecule has 2 saturated heterocycles. The van der Waals surface area contributed by atoms with Crippen LogP contribution < -0.4 is 10.4 Å². The number of nitrogens with zero attached hydrogens (tertiary/aromatic N) is 5. The number of anilines is 1. The van der Waals surface area contributed by atoms with Crippen LogP contribution in [0.1, 0.15) is 31.8 Å². The normalized spacial score (nSPS) is 16.2. The molecule has 2 aromatic heterocycles. The first-order valence-electron chi connectivity index (χ1n) is 14.0. The second-order valence-corrected chi connectivity index (χ2v) is 10.6. The van der Waals surface area contributed by atoms with Crippen molar-refractivity contribution < 1.29 is 19.5 Å². The maximum atomic E-state index is 13.2. The maximum Gasteiger partial charge on any atom is 0.274 e. The van der Waals surface area contributed by atoms with E-state index in [-0.39, 0.29) is 5.91 Å². The number of benzene rings is 2. The Morgan fingerprint density at radius 1 is 0.829 bits per heavy atom. The smallest absolute Gasteiger partial charge is 0.274 e. The number of ether oxygens (including phenoxy) is 1. The number of nitrogens with one attached hydrogen (secondary N) is 1. The zero-order chi connectivity index (χ0) is 28.2. The summed E-state index contributed by atoms with van der Waals surface area (Å²) in [6.45, 7) is 7.80. The van der Waals surface area contributed by atoms with E-state index in [0.717, 1.165) is 73.8 Å². The van der Waals surface area contributed by atoms with Crippen LogP contribution in [0.15, 0.2) is 73.1 Å². The van der Waals surface area contributed by atoms with E-state index in [9.17, 15) is 9.59 Å². The van der Waals surface area contributed by atoms with Gasteiger partial charge in [0.1, 0.15) is 5.65 Å². The van der Waals surface area contributed by atoms with Gasteiger partial charge in [-0.2, -0.15) is 0 Å². The van der Waals surface area contributed by atoms with Crippen molar-refractivity contribution in [3.63, 3.8) is 0 Å². The minimum Gasteiger partial charge on any atom is -0.379 e. The SMILES string of the molecule is O=C(NO)c1ccc(Cn2ccc3cc(N4CCN(C(=O)c5ccc(CN6CCOCC6)cc5)CC4)cnc32)cc1. The molecule has 2 N–H and O–H groups in total. The molecule has 0 saturated carbocycles. The first-order valence-corrected chi connectivity index (χ1v) is 14.0. The van der Waals surface area contributed by atoms with E-state index in [1.807, 2.05) is 41.6 Å². The molecule has 0 unspecified atom stereocenters. The van der Waals surface area contributed by atoms with E-state index in [1.165, 1.54) is 5.56 Å². The molecule has 0 radical (unpaired) electrons. The maximum absolute atomic E-state index is 13.2. The number of carbonyl (C=O) groups excluding carboxylic acids is 2. The lowest BCUT2D eigenvalue weighted by Gasteiger charge is -2.36. The summed E-state index contributed by atoms with van der Waals surface area (Å²) in [5.41, 5.74) is 6.96. The van der Waals surface area contributed by atoms with Crippen molar-refractivity contribution in [2.75, 3.05) is 57.4 Å². The summed E-state index contributed by atoms with van der Waals surface area (Å²) in [7, 11) is 0. The lowest BCUT2D eigenvalue weighted by molar-refractivity contribution is 0.0342. The standard InChI is InChI=1S/C31H34N6O4/c38-30(33-40)25-5-1-24(2-6-25)22-37-10-9-27-19-28(20-32-29(27)37)35-11-13-36(14-12-35)31(39)26-7-3-23(4-8-26)21-34-15-17-41-18-16-34/h1-10,19-20,40H,11-18,21-22H2,(H,33,38). The Hall–Kier alpha value is -4.25. The van der Waals surface area contributed by atoms with E-state index < -0.39 is 5.91 Å². The quantitative estimate of drug-likeness (QED) is 0.267. The van der Waals surface area contributed by atoms with Gasteiger partial charge in [0.2, 0.25) is 0 Å². The number of morpholine rings is 1. The molecular weight excluding hydrogens is 520 g/mol. The number of hydrogen-bond donors (Lipinski definition) is 2. The fourth-order valence-corrected chi connectivity index (χ4v) is 5.51. The Kier molecular flexibility index (Phi) is 7.95. The average Bonchev–Trinajstić information content (AvgIpc) is 3.43. The van der Waals surface area contributed by atoms with E-state index in [2.05, 4.69) is 38.6 Å². The van der Waals surface area contributed by atoms with Crippen molar-refractivity contribution >= 4 is 28.5 Å². The number of aromatic nitrogens is 2. The third-order valence-electron chi connectivity index (χ3n) is 7.90. The van der Waals surface area contributed by atoms with Gasteiger partial charge in [-0.05, 0) is 47.5 Å². The van der Waals surface area contributed by atoms with Gasteiger partial charge in [0.05, 0.1) is 25.1 Å². The third kappa shape index (κ3) is 6.09. The van der Waals surface area contributed by atoms with Crippen molar-refractivity contribution in [1.82, 2.24) is 24.8 Å². The summed E-state index contributed by atoms with van der Waals surface area (Å²) < 4.78 is 7.50. The van der Waals surface area contributed by atoms with Crippen molar-refractivity contribution in [3.05, 3.63) is 95.3 Å². The molecule has 10 heteroatoms. The predicted molar refractivity (Wildman–Crippen MR) is 155 cm³/mol. The van der Waals surface area contributed by atoms with Gasteiger partial charge in [0, 0.05) is 75.1 Å². The molecule has 2 aliphatic rings. The van der Waals surface area contributed by atoms with Crippen LogP contribution in [0.4, 0.5) is 5.69 Å². The first kappa shape index (κ1) is 26.9. The van der Waals surface area contributed by atoms with Gasteiger partial charge < -0.3 is 19.1 Å². The van der Waals surface area contributed by atoms with E-state index in [1.54, 1.807) is 17.6 Å². The molecule has 0 aliphatic carbocycles. The number of piperazine rings is 1. The molecule has 2 aliphatic heterocycles. The molecule has 0 spiro atoms. The highest BCUT2D eigenvalue weighted by Gasteiger charge is 2.23. The Morgan fingerprint density at radius 3 is 2.17 bits per heavy atom. The third-order valence-corrected chi connectivity index (χ3v) is 7.90. The molecule has 41 heavy (non-hydrogen) atoms. The molecular formula is C31H34N6O4. The van der Waals surface area contributed by atoms with E-state index >= 15 is 0 Å². The molecule has 2 fully saturated rings. The van der Waals surface area contributed by atoms with Gasteiger partial charge in [-0.3, -0.25) is 19.7 Å². The van der Waals surface area contributed by atoms with Crippen LogP contribution in [0, 0.1) is 0 Å². The number of hydroxylamine groups is 1. The predicted octanol–water partition coefficient (Wildman–Crippen LogP) is 3.00. The molecule has 212 valence electrons. The van der Waals surface area contributed by atoms with Crippen LogP contribution in [-0.4, -0.2) is 88.9 Å². The molecule has 0 bridgehead atoms. The summed E-state index contributed by atoms with van der Waals surface area (Å²) >= 11 is 0. The summed E-state index contributed by atoms with van der Waals surface area (Å²) in [5, 5.41) is 9.85. The fraction of sp³-hybridized carbons (Fsp3) is 0.323. The summed E-state index contributed by atoms with van der Waals surface area (Å²) in [4.78, 5) is 36.1. The van der Waals surface area contributed by atoms with Crippen molar-refractivity contribution in [2.24, 2.45) is 0 Å². The Morgan fingerprint density at radius 2 is 1.49 bits per heavy atom. The highest BCUT2D eigenvalue weighted by atomic mass is 16.5. The van der Waals surface area contributed by atoms with Crippen LogP contribution in [0.2, 0.25) is 0 Å². The molecule has 2 aromatic carbocycles. The van der Waals surface area contributed by atoms with Crippen molar-refractivity contribution in [1.29, 1.82) is 0 Å². The average molecular weight is 555 g/mol. The van der Waals surface area contributed by atoms with Crippen LogP contribution in [-0.2, 0) is 17.8 Å². The van der Waals surface area contributed by atoms with Gasteiger partial charge in [-0.15, -0.1) is 0 Å². The van der Waals surface area contributed by atoms with Crippen LogP contribution in [0.5, 0.6) is 0 Å². The second kappa shape index (κ2) is 12.1. The Balaban J connectivity index is 1.04. The molecule has 10 nitrogen and oxygen atoms in total. The topological polar surface area (TPSA) is 103 Å². The number of hydrogen-bond acceptors (Lipinski definition) is 7. The Bertz CT molecular complexity index is 1500. The number of fused-ring (bicyclic) bond motifs is 1. The fourth-order valence-electron chi connectivity index (χ4n) is 5.51. The van der Waals surface area contributed by atoms with Crippen molar-refractivity contribution in [3.8, 4) is 0 Å². The van der Waals surface area contributed by atoms with E-state index in [0.29, 0.717) is 25.2 Å². The number of rotatable bonds is 7. The monoisotopic (exact) mass is 554 g/mol. The van der Waals surface area contributed by atoms with Crippen molar-refractivity contribution in [2.45, 2.75) is 13.1 Å². The largest absolute Gasteiger partial charge is 0.379 e. The summed E-state index contributed by atoms with van der Waals surface area (Å²) in [5.74, 6) is -0.450. The number of amides is 2. The lowest BCUT2D eigenvalue weighted by Crippen LogP contribution is -2.48. The van der Waals surface area contributed by atoms with Gasteiger partial charge in [-0.1, -0.05) is 24.3 Å². The zero-order valence-corrected chi connectivity index (χ0v) is 22.9. The van der Waals surface area contributed by atoms with Gasteiger partial charge in [0.25, 0.3) is 11.8 Å². The van der Waals surface area contributed by atoms with Gasteiger partial charge in [0.15, 0.2) is 0 Å².